The van der Waals surface area contributed by atoms with Crippen molar-refractivity contribution in [2.45, 2.75) is 26.9 Å². The largest absolute Gasteiger partial charge is 0.348 e. The topological polar surface area (TPSA) is 106 Å². The van der Waals surface area contributed by atoms with Gasteiger partial charge in [-0.05, 0) is 37.6 Å². The Kier molecular flexibility index (Phi) is 4.67. The number of nitrogens with two attached hydrogens (primary N) is 1. The summed E-state index contributed by atoms with van der Waals surface area (Å²) < 4.78 is 3.19. The number of nitrogen functional groups attached to an aromatic ring is 1. The van der Waals surface area contributed by atoms with Gasteiger partial charge in [-0.1, -0.05) is 17.1 Å². The summed E-state index contributed by atoms with van der Waals surface area (Å²) in [5.41, 5.74) is 9.09. The van der Waals surface area contributed by atoms with Crippen LogP contribution in [-0.4, -0.2) is 20.3 Å². The van der Waals surface area contributed by atoms with Crippen LogP contribution in [0.3, 0.4) is 0 Å². The number of hydrogen-bond acceptors (Lipinski definition) is 5. The van der Waals surface area contributed by atoms with E-state index in [1.165, 1.54) is 10.5 Å². The summed E-state index contributed by atoms with van der Waals surface area (Å²) in [4.78, 5) is 34.6. The van der Waals surface area contributed by atoms with E-state index in [0.29, 0.717) is 29.8 Å². The molecule has 29 heavy (non-hydrogen) atoms. The maximum atomic E-state index is 13.1. The minimum Gasteiger partial charge on any atom is -0.348 e. The number of nitrogens with one attached hydrogen (secondary N) is 1. The highest BCUT2D eigenvalue weighted by molar-refractivity contribution is 6.00. The minimum atomic E-state index is -0.357. The molecular weight excluding hydrogens is 368 g/mol. The van der Waals surface area contributed by atoms with E-state index in [1.54, 1.807) is 35.3 Å². The van der Waals surface area contributed by atoms with Gasteiger partial charge in [0.05, 0.1) is 6.54 Å². The lowest BCUT2D eigenvalue weighted by atomic mass is 10.1. The van der Waals surface area contributed by atoms with Gasteiger partial charge in [-0.3, -0.25) is 19.0 Å². The van der Waals surface area contributed by atoms with Crippen LogP contribution < -0.4 is 21.2 Å². The number of aromatic nitrogens is 4. The normalized spacial score (nSPS) is 11.1. The number of pyridine rings is 3. The molecule has 8 heteroatoms. The van der Waals surface area contributed by atoms with E-state index in [9.17, 15) is 9.59 Å². The lowest BCUT2D eigenvalue weighted by Gasteiger charge is -2.11. The summed E-state index contributed by atoms with van der Waals surface area (Å²) in [5.74, 6) is -0.0855. The first-order valence-electron chi connectivity index (χ1n) is 9.32. The quantitative estimate of drug-likeness (QED) is 0.405. The molecule has 4 aromatic rings. The number of hydrogen-bond donors (Lipinski definition) is 2. The molecule has 0 saturated heterocycles. The number of anilines is 1. The zero-order valence-electron chi connectivity index (χ0n) is 16.2. The zero-order chi connectivity index (χ0) is 20.5. The predicted molar refractivity (Wildman–Crippen MR) is 109 cm³/mol. The van der Waals surface area contributed by atoms with Crippen molar-refractivity contribution in [2.24, 2.45) is 0 Å². The molecule has 146 valence electrons. The van der Waals surface area contributed by atoms with Crippen molar-refractivity contribution in [1.82, 2.24) is 19.7 Å². The molecule has 0 atom stereocenters. The van der Waals surface area contributed by atoms with Crippen molar-refractivity contribution in [3.05, 3.63) is 76.0 Å². The summed E-state index contributed by atoms with van der Waals surface area (Å²) in [6.07, 6.45) is 5.02. The van der Waals surface area contributed by atoms with Gasteiger partial charge >= 0.3 is 0 Å². The number of rotatable bonds is 4. The molecule has 0 spiro atoms. The Bertz CT molecular complexity index is 1300. The summed E-state index contributed by atoms with van der Waals surface area (Å²) in [7, 11) is 0. The Balaban J connectivity index is 1.86. The summed E-state index contributed by atoms with van der Waals surface area (Å²) in [6, 6.07) is 8.89. The minimum absolute atomic E-state index is 0.239. The van der Waals surface area contributed by atoms with Crippen molar-refractivity contribution in [3.8, 4) is 0 Å². The van der Waals surface area contributed by atoms with Crippen LogP contribution in [0.25, 0.3) is 16.7 Å². The van der Waals surface area contributed by atoms with Crippen LogP contribution in [0.5, 0.6) is 0 Å². The molecule has 0 aromatic carbocycles. The van der Waals surface area contributed by atoms with E-state index in [4.69, 9.17) is 5.73 Å². The molecule has 0 saturated carbocycles. The SMILES string of the molecule is CC[n+]1c(N)c(C(=O)NCc2cccnc2)cc2c(=O)n3cccc(C)c3nc21. The van der Waals surface area contributed by atoms with Crippen LogP contribution in [0.4, 0.5) is 5.82 Å². The van der Waals surface area contributed by atoms with E-state index in [0.717, 1.165) is 11.1 Å². The van der Waals surface area contributed by atoms with E-state index in [-0.39, 0.29) is 22.8 Å². The highest BCUT2D eigenvalue weighted by Crippen LogP contribution is 2.16. The van der Waals surface area contributed by atoms with Crippen LogP contribution >= 0.6 is 0 Å². The van der Waals surface area contributed by atoms with E-state index < -0.39 is 0 Å². The second-order valence-electron chi connectivity index (χ2n) is 6.77. The van der Waals surface area contributed by atoms with Gasteiger partial charge < -0.3 is 11.1 Å². The first-order chi connectivity index (χ1) is 14.0. The fourth-order valence-electron chi connectivity index (χ4n) is 3.39. The summed E-state index contributed by atoms with van der Waals surface area (Å²) in [6.45, 7) is 4.58. The number of amides is 1. The first-order valence-corrected chi connectivity index (χ1v) is 9.32. The molecule has 0 aliphatic carbocycles. The van der Waals surface area contributed by atoms with Crippen molar-refractivity contribution in [1.29, 1.82) is 0 Å². The second-order valence-corrected chi connectivity index (χ2v) is 6.77. The molecule has 0 unspecified atom stereocenters. The van der Waals surface area contributed by atoms with Crippen LogP contribution in [0.1, 0.15) is 28.4 Å². The zero-order valence-corrected chi connectivity index (χ0v) is 16.2. The average molecular weight is 389 g/mol. The van der Waals surface area contributed by atoms with Crippen LogP contribution in [0, 0.1) is 6.92 Å². The molecule has 0 aliphatic rings. The smallest absolute Gasteiger partial charge is 0.278 e. The van der Waals surface area contributed by atoms with Crippen molar-refractivity contribution >= 4 is 28.4 Å². The summed E-state index contributed by atoms with van der Waals surface area (Å²) in [5, 5.41) is 3.18. The highest BCUT2D eigenvalue weighted by Gasteiger charge is 2.23. The third kappa shape index (κ3) is 3.18. The second kappa shape index (κ2) is 7.31. The number of carbonyl (C=O) groups excluding carboxylic acids is 1. The molecular formula is C21H21N6O2+. The Morgan fingerprint density at radius 1 is 1.31 bits per heavy atom. The van der Waals surface area contributed by atoms with Gasteiger partial charge in [-0.25, -0.2) is 4.57 Å². The maximum absolute atomic E-state index is 13.1. The fourth-order valence-corrected chi connectivity index (χ4v) is 3.39. The van der Waals surface area contributed by atoms with Crippen LogP contribution in [0.15, 0.2) is 53.7 Å². The Hall–Kier alpha value is -3.81. The summed E-state index contributed by atoms with van der Waals surface area (Å²) >= 11 is 0. The third-order valence-corrected chi connectivity index (χ3v) is 4.91. The standard InChI is InChI=1S/C21H20N6O2/c1-3-26-17(22)15(20(28)24-12-14-7-4-8-23-11-14)10-16-19(26)25-18-13(2)6-5-9-27(18)21(16)29/h4-11,22H,3,12H2,1-2H3,(H,24,28)/p+1. The van der Waals surface area contributed by atoms with Crippen LogP contribution in [0.2, 0.25) is 0 Å². The number of fused-ring (bicyclic) bond motifs is 2. The van der Waals surface area contributed by atoms with Gasteiger partial charge in [0, 0.05) is 30.7 Å². The maximum Gasteiger partial charge on any atom is 0.278 e. The lowest BCUT2D eigenvalue weighted by molar-refractivity contribution is -0.655. The van der Waals surface area contributed by atoms with Crippen molar-refractivity contribution in [2.75, 3.05) is 5.73 Å². The predicted octanol–water partition coefficient (Wildman–Crippen LogP) is 1.37. The van der Waals surface area contributed by atoms with Gasteiger partial charge in [0.25, 0.3) is 17.1 Å². The number of aryl methyl sites for hydroxylation is 2. The third-order valence-electron chi connectivity index (χ3n) is 4.91. The van der Waals surface area contributed by atoms with Crippen molar-refractivity contribution in [3.63, 3.8) is 0 Å². The molecule has 0 fully saturated rings. The monoisotopic (exact) mass is 389 g/mol. The average Bonchev–Trinajstić information content (AvgIpc) is 2.73. The van der Waals surface area contributed by atoms with Gasteiger partial charge in [-0.15, -0.1) is 0 Å². The van der Waals surface area contributed by atoms with E-state index in [2.05, 4.69) is 15.3 Å². The van der Waals surface area contributed by atoms with Gasteiger partial charge in [0.2, 0.25) is 11.5 Å². The molecule has 0 bridgehead atoms. The van der Waals surface area contributed by atoms with Gasteiger partial charge in [-0.2, -0.15) is 0 Å². The molecule has 3 N–H and O–H groups in total. The Morgan fingerprint density at radius 2 is 2.14 bits per heavy atom. The highest BCUT2D eigenvalue weighted by atomic mass is 16.1. The lowest BCUT2D eigenvalue weighted by Crippen LogP contribution is -2.42. The number of carbonyl (C=O) groups is 1. The molecule has 4 heterocycles. The van der Waals surface area contributed by atoms with Gasteiger partial charge in [0.15, 0.2) is 0 Å². The van der Waals surface area contributed by atoms with Gasteiger partial charge in [0.1, 0.15) is 10.9 Å². The molecule has 4 aromatic heterocycles. The Morgan fingerprint density at radius 3 is 2.86 bits per heavy atom. The Labute approximate surface area is 166 Å². The fraction of sp³-hybridized carbons (Fsp3) is 0.190. The van der Waals surface area contributed by atoms with Crippen molar-refractivity contribution < 1.29 is 9.36 Å². The molecule has 4 rings (SSSR count). The molecule has 1 amide bonds. The molecule has 8 nitrogen and oxygen atoms in total. The van der Waals surface area contributed by atoms with E-state index >= 15 is 0 Å². The first kappa shape index (κ1) is 18.5. The molecule has 0 radical (unpaired) electrons. The van der Waals surface area contributed by atoms with Crippen LogP contribution in [-0.2, 0) is 13.1 Å². The number of nitrogens with zero attached hydrogens (tertiary/aromatic N) is 4. The van der Waals surface area contributed by atoms with E-state index in [1.807, 2.05) is 26.0 Å². The molecule has 0 aliphatic heterocycles.